The minimum Gasteiger partial charge on any atom is -0.324 e. The van der Waals surface area contributed by atoms with Crippen molar-refractivity contribution in [3.63, 3.8) is 0 Å². The van der Waals surface area contributed by atoms with Crippen LogP contribution in [-0.4, -0.2) is 21.2 Å². The van der Waals surface area contributed by atoms with Crippen LogP contribution in [0.5, 0.6) is 0 Å². The number of nitrogens with one attached hydrogen (secondary N) is 1. The molecule has 0 fully saturated rings. The van der Waals surface area contributed by atoms with Crippen LogP contribution in [0.2, 0.25) is 10.0 Å². The Labute approximate surface area is 162 Å². The number of hydrogen-bond donors (Lipinski definition) is 1. The predicted octanol–water partition coefficient (Wildman–Crippen LogP) is 4.34. The molecule has 0 radical (unpaired) electrons. The molecule has 0 spiro atoms. The number of anilines is 1. The zero-order valence-corrected chi connectivity index (χ0v) is 16.4. The van der Waals surface area contributed by atoms with Gasteiger partial charge in [-0.15, -0.1) is 11.3 Å². The summed E-state index contributed by atoms with van der Waals surface area (Å²) in [5, 5.41) is 4.47. The summed E-state index contributed by atoms with van der Waals surface area (Å²) >= 11 is 14.6. The number of thiophene rings is 1. The van der Waals surface area contributed by atoms with Crippen LogP contribution in [0.25, 0.3) is 10.2 Å². The number of amides is 1. The lowest BCUT2D eigenvalue weighted by Crippen LogP contribution is -2.21. The average molecular weight is 414 g/mol. The van der Waals surface area contributed by atoms with E-state index in [-0.39, 0.29) is 17.2 Å². The molecule has 0 aliphatic rings. The molecular weight excluding hydrogens is 401 g/mol. The van der Waals surface area contributed by atoms with E-state index in [2.05, 4.69) is 10.3 Å². The third kappa shape index (κ3) is 3.84. The number of benzene rings is 1. The number of rotatable bonds is 4. The number of thioether (sulfide) groups is 1. The highest BCUT2D eigenvalue weighted by Crippen LogP contribution is 2.30. The van der Waals surface area contributed by atoms with E-state index in [9.17, 15) is 9.59 Å². The van der Waals surface area contributed by atoms with Gasteiger partial charge in [0, 0.05) is 11.9 Å². The van der Waals surface area contributed by atoms with Crippen molar-refractivity contribution in [1.82, 2.24) is 9.55 Å². The summed E-state index contributed by atoms with van der Waals surface area (Å²) in [5.41, 5.74) is 0.334. The largest absolute Gasteiger partial charge is 0.324 e. The molecule has 0 aliphatic carbocycles. The zero-order chi connectivity index (χ0) is 18.1. The lowest BCUT2D eigenvalue weighted by Gasteiger charge is -2.09. The summed E-state index contributed by atoms with van der Waals surface area (Å²) in [6.45, 7) is 1.93. The first kappa shape index (κ1) is 18.3. The average Bonchev–Trinajstić information content (AvgIpc) is 2.94. The van der Waals surface area contributed by atoms with Gasteiger partial charge < -0.3 is 5.32 Å². The summed E-state index contributed by atoms with van der Waals surface area (Å²) in [5.74, 6) is -0.162. The van der Waals surface area contributed by atoms with E-state index < -0.39 is 0 Å². The Balaban J connectivity index is 1.76. The van der Waals surface area contributed by atoms with Gasteiger partial charge in [0.2, 0.25) is 5.91 Å². The van der Waals surface area contributed by atoms with Crippen LogP contribution >= 0.6 is 46.3 Å². The predicted molar refractivity (Wildman–Crippen MR) is 105 cm³/mol. The second-order valence-corrected chi connectivity index (χ2v) is 8.24. The second-order valence-electron chi connectivity index (χ2n) is 5.27. The highest BCUT2D eigenvalue weighted by Gasteiger charge is 2.14. The lowest BCUT2D eigenvalue weighted by molar-refractivity contribution is -0.113. The number of aromatic nitrogens is 2. The van der Waals surface area contributed by atoms with Crippen LogP contribution in [0.3, 0.4) is 0 Å². The third-order valence-corrected chi connectivity index (χ3v) is 6.21. The highest BCUT2D eigenvalue weighted by molar-refractivity contribution is 7.99. The molecule has 130 valence electrons. The molecule has 1 aromatic carbocycles. The van der Waals surface area contributed by atoms with E-state index >= 15 is 0 Å². The van der Waals surface area contributed by atoms with Gasteiger partial charge in [0.25, 0.3) is 5.56 Å². The molecule has 3 rings (SSSR count). The molecule has 1 amide bonds. The summed E-state index contributed by atoms with van der Waals surface area (Å²) in [6, 6.07) is 6.85. The Hall–Kier alpha value is -1.54. The SMILES string of the molecule is Cc1cc2c(=O)n(C)c(SCC(=O)Nc3cccc(Cl)c3Cl)nc2s1. The molecule has 5 nitrogen and oxygen atoms in total. The van der Waals surface area contributed by atoms with Gasteiger partial charge >= 0.3 is 0 Å². The number of carbonyl (C=O) groups excluding carboxylic acids is 1. The van der Waals surface area contributed by atoms with Gasteiger partial charge in [-0.25, -0.2) is 4.98 Å². The monoisotopic (exact) mass is 413 g/mol. The molecule has 0 atom stereocenters. The minimum atomic E-state index is -0.258. The first-order valence-corrected chi connectivity index (χ1v) is 9.76. The second kappa shape index (κ2) is 7.37. The molecule has 9 heteroatoms. The Morgan fingerprint density at radius 2 is 2.16 bits per heavy atom. The number of nitrogens with zero attached hydrogens (tertiary/aromatic N) is 2. The maximum atomic E-state index is 12.4. The molecule has 0 saturated carbocycles. The Morgan fingerprint density at radius 1 is 1.40 bits per heavy atom. The van der Waals surface area contributed by atoms with Crippen molar-refractivity contribution in [1.29, 1.82) is 0 Å². The van der Waals surface area contributed by atoms with E-state index in [1.807, 2.05) is 13.0 Å². The van der Waals surface area contributed by atoms with E-state index in [1.165, 1.54) is 27.7 Å². The van der Waals surface area contributed by atoms with Crippen molar-refractivity contribution in [2.24, 2.45) is 7.05 Å². The number of carbonyl (C=O) groups is 1. The highest BCUT2D eigenvalue weighted by atomic mass is 35.5. The topological polar surface area (TPSA) is 64.0 Å². The smallest absolute Gasteiger partial charge is 0.262 e. The molecule has 2 aromatic heterocycles. The van der Waals surface area contributed by atoms with Gasteiger partial charge in [-0.2, -0.15) is 0 Å². The van der Waals surface area contributed by atoms with Crippen LogP contribution < -0.4 is 10.9 Å². The van der Waals surface area contributed by atoms with Crippen molar-refractivity contribution in [2.45, 2.75) is 12.1 Å². The fourth-order valence-corrected chi connectivity index (χ4v) is 4.25. The van der Waals surface area contributed by atoms with Crippen molar-refractivity contribution >= 4 is 68.1 Å². The van der Waals surface area contributed by atoms with E-state index in [0.29, 0.717) is 31.1 Å². The molecular formula is C16H13Cl2N3O2S2. The summed E-state index contributed by atoms with van der Waals surface area (Å²) in [6.07, 6.45) is 0. The van der Waals surface area contributed by atoms with Gasteiger partial charge in [0.05, 0.1) is 26.9 Å². The first-order chi connectivity index (χ1) is 11.9. The number of aryl methyl sites for hydroxylation is 1. The third-order valence-electron chi connectivity index (χ3n) is 3.41. The van der Waals surface area contributed by atoms with Crippen molar-refractivity contribution < 1.29 is 4.79 Å². The maximum Gasteiger partial charge on any atom is 0.262 e. The minimum absolute atomic E-state index is 0.0962. The number of halogens is 2. The fourth-order valence-electron chi connectivity index (χ4n) is 2.21. The van der Waals surface area contributed by atoms with Crippen molar-refractivity contribution in [3.05, 3.63) is 49.5 Å². The van der Waals surface area contributed by atoms with Gasteiger partial charge in [0.1, 0.15) is 4.83 Å². The Kier molecular flexibility index (Phi) is 5.38. The van der Waals surface area contributed by atoms with Crippen LogP contribution in [0.1, 0.15) is 4.88 Å². The van der Waals surface area contributed by atoms with Crippen LogP contribution in [0.4, 0.5) is 5.69 Å². The van der Waals surface area contributed by atoms with Crippen molar-refractivity contribution in [3.8, 4) is 0 Å². The van der Waals surface area contributed by atoms with E-state index in [4.69, 9.17) is 23.2 Å². The van der Waals surface area contributed by atoms with Crippen LogP contribution in [0.15, 0.2) is 34.2 Å². The van der Waals surface area contributed by atoms with Crippen LogP contribution in [0, 0.1) is 6.92 Å². The Bertz CT molecular complexity index is 1030. The van der Waals surface area contributed by atoms with E-state index in [0.717, 1.165) is 4.88 Å². The number of fused-ring (bicyclic) bond motifs is 1. The quantitative estimate of drug-likeness (QED) is 0.510. The molecule has 1 N–H and O–H groups in total. The standard InChI is InChI=1S/C16H13Cl2N3O2S2/c1-8-6-9-14(25-8)20-16(21(2)15(9)23)24-7-12(22)19-11-5-3-4-10(17)13(11)18/h3-6H,7H2,1-2H3,(H,19,22). The Morgan fingerprint density at radius 3 is 2.92 bits per heavy atom. The van der Waals surface area contributed by atoms with Crippen LogP contribution in [-0.2, 0) is 11.8 Å². The van der Waals surface area contributed by atoms with Crippen molar-refractivity contribution in [2.75, 3.05) is 11.1 Å². The molecule has 0 aliphatic heterocycles. The van der Waals surface area contributed by atoms with Gasteiger partial charge in [-0.1, -0.05) is 41.0 Å². The first-order valence-electron chi connectivity index (χ1n) is 7.20. The number of hydrogen-bond acceptors (Lipinski definition) is 5. The maximum absolute atomic E-state index is 12.4. The van der Waals surface area contributed by atoms with Gasteiger partial charge in [-0.3, -0.25) is 14.2 Å². The molecule has 0 saturated heterocycles. The fraction of sp³-hybridized carbons (Fsp3) is 0.188. The molecule has 2 heterocycles. The van der Waals surface area contributed by atoms with E-state index in [1.54, 1.807) is 25.2 Å². The summed E-state index contributed by atoms with van der Waals surface area (Å²) in [7, 11) is 1.65. The summed E-state index contributed by atoms with van der Waals surface area (Å²) < 4.78 is 1.46. The molecule has 0 unspecified atom stereocenters. The summed E-state index contributed by atoms with van der Waals surface area (Å²) in [4.78, 5) is 30.7. The molecule has 25 heavy (non-hydrogen) atoms. The van der Waals surface area contributed by atoms with Gasteiger partial charge in [-0.05, 0) is 25.1 Å². The molecule has 3 aromatic rings. The van der Waals surface area contributed by atoms with Gasteiger partial charge in [0.15, 0.2) is 5.16 Å². The lowest BCUT2D eigenvalue weighted by atomic mass is 10.3. The zero-order valence-electron chi connectivity index (χ0n) is 13.3. The molecule has 0 bridgehead atoms. The normalized spacial score (nSPS) is 11.0.